The van der Waals surface area contributed by atoms with E-state index in [-0.39, 0.29) is 18.5 Å². The number of urea groups is 1. The Morgan fingerprint density at radius 1 is 1.26 bits per heavy atom. The third-order valence-corrected chi connectivity index (χ3v) is 2.15. The molecule has 0 aliphatic heterocycles. The average molecular weight is 276 g/mol. The van der Waals surface area contributed by atoms with Gasteiger partial charge in [-0.2, -0.15) is 0 Å². The van der Waals surface area contributed by atoms with E-state index in [9.17, 15) is 9.59 Å². The van der Waals surface area contributed by atoms with Gasteiger partial charge in [-0.15, -0.1) is 0 Å². The lowest BCUT2D eigenvalue weighted by atomic mass is 10.2. The van der Waals surface area contributed by atoms with Crippen molar-refractivity contribution in [1.29, 1.82) is 0 Å². The zero-order chi connectivity index (χ0) is 14.7. The molecule has 0 aromatic heterocycles. The molecule has 7 heteroatoms. The lowest BCUT2D eigenvalue weighted by Crippen LogP contribution is -2.45. The molecule has 0 aliphatic rings. The standard InChI is InChI=1S/C12H24N2O5/c1-10(2)8-14(9-11(15)16)12(17)13-4-5-19-7-6-18-3/h10H,4-9H2,1-3H3,(H,13,17)(H,15,16). The van der Waals surface area contributed by atoms with Crippen molar-refractivity contribution in [2.75, 3.05) is 46.6 Å². The van der Waals surface area contributed by atoms with Crippen molar-refractivity contribution < 1.29 is 24.2 Å². The van der Waals surface area contributed by atoms with Gasteiger partial charge in [0.05, 0.1) is 19.8 Å². The summed E-state index contributed by atoms with van der Waals surface area (Å²) >= 11 is 0. The molecule has 112 valence electrons. The fourth-order valence-electron chi connectivity index (χ4n) is 1.41. The maximum atomic E-state index is 11.8. The number of carboxylic acid groups (broad SMARTS) is 1. The summed E-state index contributed by atoms with van der Waals surface area (Å²) in [4.78, 5) is 23.7. The van der Waals surface area contributed by atoms with Gasteiger partial charge in [-0.05, 0) is 5.92 Å². The van der Waals surface area contributed by atoms with Crippen LogP contribution in [0.2, 0.25) is 0 Å². The maximum Gasteiger partial charge on any atom is 0.323 e. The quantitative estimate of drug-likeness (QED) is 0.564. The summed E-state index contributed by atoms with van der Waals surface area (Å²) < 4.78 is 10.0. The Hall–Kier alpha value is -1.34. The van der Waals surface area contributed by atoms with Gasteiger partial charge >= 0.3 is 12.0 Å². The fourth-order valence-corrected chi connectivity index (χ4v) is 1.41. The molecular weight excluding hydrogens is 252 g/mol. The number of rotatable bonds is 10. The van der Waals surface area contributed by atoms with Crippen LogP contribution in [0.3, 0.4) is 0 Å². The van der Waals surface area contributed by atoms with Crippen LogP contribution < -0.4 is 5.32 Å². The minimum absolute atomic E-state index is 0.211. The van der Waals surface area contributed by atoms with Gasteiger partial charge in [0.25, 0.3) is 0 Å². The van der Waals surface area contributed by atoms with Crippen molar-refractivity contribution >= 4 is 12.0 Å². The molecule has 0 bridgehead atoms. The average Bonchev–Trinajstić information content (AvgIpc) is 2.31. The first kappa shape index (κ1) is 17.7. The van der Waals surface area contributed by atoms with Crippen LogP contribution in [0, 0.1) is 5.92 Å². The number of carboxylic acids is 1. The molecule has 0 heterocycles. The van der Waals surface area contributed by atoms with Gasteiger partial charge in [-0.25, -0.2) is 4.79 Å². The molecule has 0 spiro atoms. The summed E-state index contributed by atoms with van der Waals surface area (Å²) in [6.07, 6.45) is 0. The topological polar surface area (TPSA) is 88.1 Å². The highest BCUT2D eigenvalue weighted by molar-refractivity contribution is 5.80. The third-order valence-electron chi connectivity index (χ3n) is 2.15. The Morgan fingerprint density at radius 2 is 1.95 bits per heavy atom. The SMILES string of the molecule is COCCOCCNC(=O)N(CC(=O)O)CC(C)C. The normalized spacial score (nSPS) is 10.5. The van der Waals surface area contributed by atoms with Crippen LogP contribution in [0.15, 0.2) is 0 Å². The molecule has 0 saturated heterocycles. The number of hydrogen-bond acceptors (Lipinski definition) is 4. The molecule has 0 aromatic carbocycles. The Labute approximate surface area is 113 Å². The number of amides is 2. The van der Waals surface area contributed by atoms with Gasteiger partial charge in [0.1, 0.15) is 6.54 Å². The van der Waals surface area contributed by atoms with Gasteiger partial charge in [0.2, 0.25) is 0 Å². The van der Waals surface area contributed by atoms with Gasteiger partial charge in [0, 0.05) is 20.2 Å². The number of hydrogen-bond donors (Lipinski definition) is 2. The molecular formula is C12H24N2O5. The Kier molecular flexibility index (Phi) is 9.82. The predicted molar refractivity (Wildman–Crippen MR) is 70.1 cm³/mol. The summed E-state index contributed by atoms with van der Waals surface area (Å²) in [7, 11) is 1.58. The molecule has 7 nitrogen and oxygen atoms in total. The van der Waals surface area contributed by atoms with Crippen molar-refractivity contribution in [2.24, 2.45) is 5.92 Å². The van der Waals surface area contributed by atoms with E-state index >= 15 is 0 Å². The van der Waals surface area contributed by atoms with Crippen LogP contribution in [-0.4, -0.2) is 68.6 Å². The van der Waals surface area contributed by atoms with Crippen molar-refractivity contribution in [3.05, 3.63) is 0 Å². The number of carbonyl (C=O) groups is 2. The highest BCUT2D eigenvalue weighted by Crippen LogP contribution is 1.99. The molecule has 0 radical (unpaired) electrons. The zero-order valence-corrected chi connectivity index (χ0v) is 11.8. The molecule has 0 fully saturated rings. The molecule has 0 rings (SSSR count). The van der Waals surface area contributed by atoms with Gasteiger partial charge in [-0.3, -0.25) is 4.79 Å². The van der Waals surface area contributed by atoms with Crippen molar-refractivity contribution in [3.63, 3.8) is 0 Å². The van der Waals surface area contributed by atoms with Crippen molar-refractivity contribution in [2.45, 2.75) is 13.8 Å². The Bertz CT molecular complexity index is 271. The number of ether oxygens (including phenoxy) is 2. The number of methoxy groups -OCH3 is 1. The minimum Gasteiger partial charge on any atom is -0.480 e. The van der Waals surface area contributed by atoms with Gasteiger partial charge in [-0.1, -0.05) is 13.8 Å². The van der Waals surface area contributed by atoms with Crippen LogP contribution in [0.5, 0.6) is 0 Å². The summed E-state index contributed by atoms with van der Waals surface area (Å²) in [5.41, 5.74) is 0. The molecule has 19 heavy (non-hydrogen) atoms. The van der Waals surface area contributed by atoms with E-state index in [0.717, 1.165) is 0 Å². The molecule has 0 unspecified atom stereocenters. The van der Waals surface area contributed by atoms with Crippen LogP contribution >= 0.6 is 0 Å². The summed E-state index contributed by atoms with van der Waals surface area (Å²) in [5, 5.41) is 11.4. The van der Waals surface area contributed by atoms with Crippen LogP contribution in [0.25, 0.3) is 0 Å². The van der Waals surface area contributed by atoms with Crippen molar-refractivity contribution in [3.8, 4) is 0 Å². The van der Waals surface area contributed by atoms with Gasteiger partial charge in [0.15, 0.2) is 0 Å². The Morgan fingerprint density at radius 3 is 2.47 bits per heavy atom. The zero-order valence-electron chi connectivity index (χ0n) is 11.8. The first-order valence-electron chi connectivity index (χ1n) is 6.28. The lowest BCUT2D eigenvalue weighted by molar-refractivity contribution is -0.137. The van der Waals surface area contributed by atoms with Gasteiger partial charge < -0.3 is 24.8 Å². The summed E-state index contributed by atoms with van der Waals surface area (Å²) in [5.74, 6) is -0.810. The highest BCUT2D eigenvalue weighted by Gasteiger charge is 2.17. The molecule has 0 saturated carbocycles. The molecule has 0 aliphatic carbocycles. The van der Waals surface area contributed by atoms with E-state index in [4.69, 9.17) is 14.6 Å². The summed E-state index contributed by atoms with van der Waals surface area (Å²) in [6, 6.07) is -0.383. The Balaban J connectivity index is 3.93. The largest absolute Gasteiger partial charge is 0.480 e. The van der Waals surface area contributed by atoms with E-state index in [1.54, 1.807) is 7.11 Å². The summed E-state index contributed by atoms with van der Waals surface area (Å²) in [6.45, 7) is 5.65. The molecule has 2 amide bonds. The fraction of sp³-hybridized carbons (Fsp3) is 0.833. The van der Waals surface area contributed by atoms with Crippen LogP contribution in [0.1, 0.15) is 13.8 Å². The predicted octanol–water partition coefficient (Wildman–Crippen LogP) is 0.402. The first-order valence-corrected chi connectivity index (χ1v) is 6.28. The number of nitrogens with zero attached hydrogens (tertiary/aromatic N) is 1. The van der Waals surface area contributed by atoms with E-state index in [0.29, 0.717) is 32.9 Å². The molecule has 0 aromatic rings. The smallest absolute Gasteiger partial charge is 0.323 e. The van der Waals surface area contributed by atoms with Crippen LogP contribution in [-0.2, 0) is 14.3 Å². The van der Waals surface area contributed by atoms with Crippen LogP contribution in [0.4, 0.5) is 4.79 Å². The maximum absolute atomic E-state index is 11.8. The number of nitrogens with one attached hydrogen (secondary N) is 1. The van der Waals surface area contributed by atoms with E-state index in [1.165, 1.54) is 4.90 Å². The molecule has 0 atom stereocenters. The molecule has 2 N–H and O–H groups in total. The van der Waals surface area contributed by atoms with E-state index < -0.39 is 5.97 Å². The number of aliphatic carboxylic acids is 1. The van der Waals surface area contributed by atoms with E-state index in [1.807, 2.05) is 13.8 Å². The van der Waals surface area contributed by atoms with Crippen molar-refractivity contribution in [1.82, 2.24) is 10.2 Å². The van der Waals surface area contributed by atoms with E-state index in [2.05, 4.69) is 5.32 Å². The second-order valence-electron chi connectivity index (χ2n) is 4.51. The second-order valence-corrected chi connectivity index (χ2v) is 4.51. The second kappa shape index (κ2) is 10.6. The third kappa shape index (κ3) is 10.3. The number of carbonyl (C=O) groups excluding carboxylic acids is 1. The first-order chi connectivity index (χ1) is 8.97. The lowest BCUT2D eigenvalue weighted by Gasteiger charge is -2.23. The minimum atomic E-state index is -1.02. The monoisotopic (exact) mass is 276 g/mol. The highest BCUT2D eigenvalue weighted by atomic mass is 16.5.